The predicted octanol–water partition coefficient (Wildman–Crippen LogP) is 5.00. The van der Waals surface area contributed by atoms with Gasteiger partial charge < -0.3 is 10.2 Å². The predicted molar refractivity (Wildman–Crippen MR) is 146 cm³/mol. The number of halogens is 1. The van der Waals surface area contributed by atoms with Gasteiger partial charge in [0.15, 0.2) is 0 Å². The number of hydrogen-bond acceptors (Lipinski definition) is 7. The molecule has 5 aromatic rings. The van der Waals surface area contributed by atoms with Gasteiger partial charge >= 0.3 is 0 Å². The maximum atomic E-state index is 11.7. The highest BCUT2D eigenvalue weighted by Crippen LogP contribution is 2.28. The van der Waals surface area contributed by atoms with Crippen LogP contribution in [0.5, 0.6) is 0 Å². The Morgan fingerprint density at radius 1 is 1.05 bits per heavy atom. The van der Waals surface area contributed by atoms with Crippen LogP contribution in [-0.2, 0) is 16.6 Å². The van der Waals surface area contributed by atoms with E-state index < -0.39 is 10.0 Å². The van der Waals surface area contributed by atoms with Crippen molar-refractivity contribution in [3.05, 3.63) is 95.3 Å². The first-order chi connectivity index (χ1) is 17.7. The average Bonchev–Trinajstić information content (AvgIpc) is 3.17. The summed E-state index contributed by atoms with van der Waals surface area (Å²) in [6.45, 7) is 2.68. The summed E-state index contributed by atoms with van der Waals surface area (Å²) < 4.78 is 25.3. The molecule has 0 atom stereocenters. The second kappa shape index (κ2) is 9.81. The van der Waals surface area contributed by atoms with Crippen LogP contribution in [0, 0.1) is 6.92 Å². The summed E-state index contributed by atoms with van der Waals surface area (Å²) in [4.78, 5) is 10.8. The summed E-state index contributed by atoms with van der Waals surface area (Å²) >= 11 is 6.15. The van der Waals surface area contributed by atoms with Gasteiger partial charge in [0, 0.05) is 40.7 Å². The molecule has 0 saturated carbocycles. The number of rotatable bonds is 7. The van der Waals surface area contributed by atoms with Crippen molar-refractivity contribution in [2.45, 2.75) is 18.4 Å². The molecule has 0 unspecified atom stereocenters. The number of nitrogens with two attached hydrogens (primary N) is 1. The molecule has 9 nitrogen and oxygen atoms in total. The number of aromatic nitrogens is 4. The topological polar surface area (TPSA) is 119 Å². The Kier molecular flexibility index (Phi) is 6.55. The fraction of sp³-hybridized carbons (Fsp3) is 0.115. The number of hydrogen-bond donors (Lipinski definition) is 2. The third-order valence-corrected chi connectivity index (χ3v) is 7.14. The average molecular weight is 534 g/mol. The minimum absolute atomic E-state index is 0.00386. The SMILES string of the molecule is Cc1c2ccc(N(C)c3ccnc(Nc4cccc(S(N)(=O)=O)c4)n3)cc2nn1Cc1cccc(Cl)c1. The molecule has 0 aliphatic rings. The minimum Gasteiger partial charge on any atom is -0.329 e. The number of nitrogens with one attached hydrogen (secondary N) is 1. The molecule has 0 saturated heterocycles. The van der Waals surface area contributed by atoms with Gasteiger partial charge in [0.2, 0.25) is 16.0 Å². The molecule has 2 heterocycles. The number of sulfonamides is 1. The van der Waals surface area contributed by atoms with Crippen LogP contribution in [0.15, 0.2) is 83.9 Å². The van der Waals surface area contributed by atoms with Gasteiger partial charge in [0.25, 0.3) is 0 Å². The molecule has 5 rings (SSSR count). The maximum absolute atomic E-state index is 11.7. The summed E-state index contributed by atoms with van der Waals surface area (Å²) in [5, 5.41) is 14.9. The van der Waals surface area contributed by atoms with E-state index in [1.165, 1.54) is 12.1 Å². The Morgan fingerprint density at radius 3 is 2.65 bits per heavy atom. The highest BCUT2D eigenvalue weighted by molar-refractivity contribution is 7.89. The summed E-state index contributed by atoms with van der Waals surface area (Å²) in [6, 6.07) is 21.8. The molecule has 0 aliphatic carbocycles. The third-order valence-electron chi connectivity index (χ3n) is 6.00. The molecule has 0 aliphatic heterocycles. The summed E-state index contributed by atoms with van der Waals surface area (Å²) in [5.41, 5.74) is 4.43. The van der Waals surface area contributed by atoms with Gasteiger partial charge in [0.05, 0.1) is 17.0 Å². The Hall–Kier alpha value is -3.99. The van der Waals surface area contributed by atoms with Crippen molar-refractivity contribution in [2.75, 3.05) is 17.3 Å². The molecular formula is C26H24ClN7O2S. The first-order valence-corrected chi connectivity index (χ1v) is 13.3. The Labute approximate surface area is 219 Å². The van der Waals surface area contributed by atoms with E-state index >= 15 is 0 Å². The van der Waals surface area contributed by atoms with Gasteiger partial charge in [-0.2, -0.15) is 10.1 Å². The monoisotopic (exact) mass is 533 g/mol. The lowest BCUT2D eigenvalue weighted by Crippen LogP contribution is -2.13. The van der Waals surface area contributed by atoms with E-state index in [1.807, 2.05) is 53.0 Å². The van der Waals surface area contributed by atoms with E-state index in [4.69, 9.17) is 21.8 Å². The van der Waals surface area contributed by atoms with Gasteiger partial charge in [-0.1, -0.05) is 29.8 Å². The molecule has 0 radical (unpaired) electrons. The second-order valence-electron chi connectivity index (χ2n) is 8.57. The molecule has 0 bridgehead atoms. The minimum atomic E-state index is -3.82. The van der Waals surface area contributed by atoms with Crippen LogP contribution in [0.4, 0.5) is 23.1 Å². The van der Waals surface area contributed by atoms with E-state index in [0.717, 1.165) is 27.8 Å². The highest BCUT2D eigenvalue weighted by Gasteiger charge is 2.13. The molecule has 11 heteroatoms. The Morgan fingerprint density at radius 2 is 1.86 bits per heavy atom. The van der Waals surface area contributed by atoms with E-state index in [0.29, 0.717) is 29.0 Å². The molecule has 3 aromatic carbocycles. The van der Waals surface area contributed by atoms with Crippen LogP contribution in [0.1, 0.15) is 11.3 Å². The van der Waals surface area contributed by atoms with Gasteiger partial charge in [-0.3, -0.25) is 4.68 Å². The molecule has 0 fully saturated rings. The quantitative estimate of drug-likeness (QED) is 0.302. The van der Waals surface area contributed by atoms with Crippen molar-refractivity contribution in [2.24, 2.45) is 5.14 Å². The first kappa shape index (κ1) is 24.7. The van der Waals surface area contributed by atoms with Crippen molar-refractivity contribution in [3.8, 4) is 0 Å². The Bertz CT molecular complexity index is 1720. The standard InChI is InChI=1S/C26H24ClN7O2S/c1-17-23-10-9-21(15-24(23)32-34(17)16-18-5-3-6-19(27)13-18)33(2)25-11-12-29-26(31-25)30-20-7-4-8-22(14-20)37(28,35)36/h3-15H,16H2,1-2H3,(H2,28,35,36)(H,29,30,31). The molecule has 0 spiro atoms. The molecule has 2 aromatic heterocycles. The molecular weight excluding hydrogens is 510 g/mol. The first-order valence-electron chi connectivity index (χ1n) is 11.4. The summed E-state index contributed by atoms with van der Waals surface area (Å²) in [7, 11) is -1.91. The second-order valence-corrected chi connectivity index (χ2v) is 10.6. The smallest absolute Gasteiger partial charge is 0.238 e. The number of benzene rings is 3. The fourth-order valence-electron chi connectivity index (χ4n) is 4.03. The number of primary sulfonamides is 1. The molecule has 37 heavy (non-hydrogen) atoms. The molecule has 0 amide bonds. The molecule has 188 valence electrons. The maximum Gasteiger partial charge on any atom is 0.238 e. The van der Waals surface area contributed by atoms with Crippen LogP contribution in [-0.4, -0.2) is 35.2 Å². The van der Waals surface area contributed by atoms with E-state index in [1.54, 1.807) is 24.4 Å². The zero-order chi connectivity index (χ0) is 26.2. The number of fused-ring (bicyclic) bond motifs is 1. The molecule has 3 N–H and O–H groups in total. The van der Waals surface area contributed by atoms with Crippen molar-refractivity contribution in [1.82, 2.24) is 19.7 Å². The largest absolute Gasteiger partial charge is 0.329 e. The zero-order valence-corrected chi connectivity index (χ0v) is 21.7. The van der Waals surface area contributed by atoms with Crippen molar-refractivity contribution < 1.29 is 8.42 Å². The van der Waals surface area contributed by atoms with Crippen LogP contribution >= 0.6 is 11.6 Å². The lowest BCUT2D eigenvalue weighted by Gasteiger charge is -2.19. The van der Waals surface area contributed by atoms with Crippen LogP contribution < -0.4 is 15.4 Å². The van der Waals surface area contributed by atoms with Crippen molar-refractivity contribution >= 4 is 55.7 Å². The highest BCUT2D eigenvalue weighted by atomic mass is 35.5. The van der Waals surface area contributed by atoms with Crippen molar-refractivity contribution in [3.63, 3.8) is 0 Å². The summed E-state index contributed by atoms with van der Waals surface area (Å²) in [6.07, 6.45) is 1.63. The van der Waals surface area contributed by atoms with Crippen molar-refractivity contribution in [1.29, 1.82) is 0 Å². The van der Waals surface area contributed by atoms with E-state index in [-0.39, 0.29) is 4.90 Å². The fourth-order valence-corrected chi connectivity index (χ4v) is 4.80. The van der Waals surface area contributed by atoms with Gasteiger partial charge in [0.1, 0.15) is 5.82 Å². The van der Waals surface area contributed by atoms with Gasteiger partial charge in [-0.25, -0.2) is 18.5 Å². The lowest BCUT2D eigenvalue weighted by atomic mass is 10.2. The number of aryl methyl sites for hydroxylation is 1. The Balaban J connectivity index is 1.39. The van der Waals surface area contributed by atoms with Crippen LogP contribution in [0.3, 0.4) is 0 Å². The van der Waals surface area contributed by atoms with E-state index in [9.17, 15) is 8.42 Å². The van der Waals surface area contributed by atoms with Gasteiger partial charge in [-0.05, 0) is 67.1 Å². The van der Waals surface area contributed by atoms with Crippen LogP contribution in [0.2, 0.25) is 5.02 Å². The van der Waals surface area contributed by atoms with Crippen LogP contribution in [0.25, 0.3) is 10.9 Å². The zero-order valence-electron chi connectivity index (χ0n) is 20.1. The third kappa shape index (κ3) is 5.41. The normalized spacial score (nSPS) is 11.6. The van der Waals surface area contributed by atoms with E-state index in [2.05, 4.69) is 28.3 Å². The summed E-state index contributed by atoms with van der Waals surface area (Å²) in [5.74, 6) is 0.966. The van der Waals surface area contributed by atoms with Gasteiger partial charge in [-0.15, -0.1) is 0 Å². The number of anilines is 4. The number of nitrogens with zero attached hydrogens (tertiary/aromatic N) is 5. The lowest BCUT2D eigenvalue weighted by molar-refractivity contribution is 0.598.